The molecule has 1 amide bonds. The van der Waals surface area contributed by atoms with Gasteiger partial charge < -0.3 is 25.5 Å². The largest absolute Gasteiger partial charge is 0.457 e. The molecule has 0 aliphatic carbocycles. The molecule has 0 saturated heterocycles. The predicted molar refractivity (Wildman–Crippen MR) is 109 cm³/mol. The Bertz CT molecular complexity index is 938. The molecule has 0 saturated carbocycles. The molecule has 0 fully saturated rings. The van der Waals surface area contributed by atoms with Gasteiger partial charge in [0.1, 0.15) is 17.1 Å². The van der Waals surface area contributed by atoms with E-state index >= 15 is 0 Å². The highest BCUT2D eigenvalue weighted by atomic mass is 16.5. The number of ether oxygens (including phenoxy) is 2. The van der Waals surface area contributed by atoms with Gasteiger partial charge in [0.05, 0.1) is 11.4 Å². The van der Waals surface area contributed by atoms with E-state index in [0.717, 1.165) is 34.3 Å². The molecule has 1 unspecified atom stereocenters. The molecule has 7 nitrogen and oxygen atoms in total. The van der Waals surface area contributed by atoms with E-state index in [1.165, 1.54) is 0 Å². The number of rotatable bonds is 9. The summed E-state index contributed by atoms with van der Waals surface area (Å²) in [6, 6.07) is 8.86. The Balaban J connectivity index is 1.65. The van der Waals surface area contributed by atoms with Gasteiger partial charge in [0, 0.05) is 32.7 Å². The minimum atomic E-state index is -0.614. The summed E-state index contributed by atoms with van der Waals surface area (Å²) in [6.07, 6.45) is 4.81. The molecule has 28 heavy (non-hydrogen) atoms. The number of hydrogen-bond acceptors (Lipinski definition) is 5. The van der Waals surface area contributed by atoms with Crippen molar-refractivity contribution < 1.29 is 14.3 Å². The van der Waals surface area contributed by atoms with Crippen molar-refractivity contribution in [2.45, 2.75) is 25.8 Å². The fraction of sp³-hybridized carbons (Fsp3) is 0.333. The molecule has 0 spiro atoms. The smallest absolute Gasteiger partial charge is 0.237 e. The quantitative estimate of drug-likeness (QED) is 0.494. The molecule has 0 aliphatic heterocycles. The zero-order valence-electron chi connectivity index (χ0n) is 16.2. The molecule has 2 heterocycles. The Labute approximate surface area is 164 Å². The van der Waals surface area contributed by atoms with Crippen LogP contribution < -0.4 is 15.8 Å². The van der Waals surface area contributed by atoms with Crippen molar-refractivity contribution in [3.63, 3.8) is 0 Å². The number of aromatic amines is 1. The number of aryl methyl sites for hydroxylation is 1. The SMILES string of the molecule is COCCCNC(=O)C(N)Cc1cccc(Oc2ccnc3[nH]cc(C)c23)c1. The maximum Gasteiger partial charge on any atom is 0.237 e. The lowest BCUT2D eigenvalue weighted by molar-refractivity contribution is -0.122. The molecule has 1 atom stereocenters. The van der Waals surface area contributed by atoms with Crippen LogP contribution in [0.15, 0.2) is 42.7 Å². The maximum absolute atomic E-state index is 12.1. The van der Waals surface area contributed by atoms with Gasteiger partial charge in [0.2, 0.25) is 5.91 Å². The standard InChI is InChI=1S/C21H26N4O3/c1-14-13-25-20-19(14)18(7-9-23-20)28-16-6-3-5-15(11-16)12-17(22)21(26)24-8-4-10-27-2/h3,5-7,9,11,13,17H,4,8,10,12,22H2,1-2H3,(H,23,25)(H,24,26). The lowest BCUT2D eigenvalue weighted by Gasteiger charge is -2.13. The molecule has 0 radical (unpaired) electrons. The number of methoxy groups -OCH3 is 1. The molecule has 2 aromatic heterocycles. The van der Waals surface area contributed by atoms with Crippen LogP contribution in [-0.4, -0.2) is 42.2 Å². The van der Waals surface area contributed by atoms with Crippen molar-refractivity contribution in [1.82, 2.24) is 15.3 Å². The van der Waals surface area contributed by atoms with Crippen molar-refractivity contribution in [1.29, 1.82) is 0 Å². The van der Waals surface area contributed by atoms with Gasteiger partial charge in [-0.3, -0.25) is 4.79 Å². The van der Waals surface area contributed by atoms with E-state index in [-0.39, 0.29) is 5.91 Å². The Morgan fingerprint density at radius 2 is 2.21 bits per heavy atom. The highest BCUT2D eigenvalue weighted by molar-refractivity contribution is 5.86. The molecule has 0 bridgehead atoms. The van der Waals surface area contributed by atoms with Gasteiger partial charge in [-0.2, -0.15) is 0 Å². The number of H-pyrrole nitrogens is 1. The number of carbonyl (C=O) groups excluding carboxylic acids is 1. The fourth-order valence-electron chi connectivity index (χ4n) is 3.04. The van der Waals surface area contributed by atoms with Gasteiger partial charge in [-0.25, -0.2) is 4.98 Å². The second-order valence-electron chi connectivity index (χ2n) is 6.70. The Morgan fingerprint density at radius 3 is 3.04 bits per heavy atom. The monoisotopic (exact) mass is 382 g/mol. The third kappa shape index (κ3) is 4.88. The second kappa shape index (κ2) is 9.34. The Hall–Kier alpha value is -2.90. The molecule has 0 aliphatic rings. The van der Waals surface area contributed by atoms with Gasteiger partial charge in [0.15, 0.2) is 0 Å². The van der Waals surface area contributed by atoms with Crippen molar-refractivity contribution >= 4 is 16.9 Å². The fourth-order valence-corrected chi connectivity index (χ4v) is 3.04. The minimum Gasteiger partial charge on any atom is -0.457 e. The average molecular weight is 382 g/mol. The van der Waals surface area contributed by atoms with Gasteiger partial charge in [-0.05, 0) is 49.1 Å². The first-order valence-electron chi connectivity index (χ1n) is 9.30. The number of aromatic nitrogens is 2. The Morgan fingerprint density at radius 1 is 1.36 bits per heavy atom. The van der Waals surface area contributed by atoms with Crippen molar-refractivity contribution in [3.8, 4) is 11.5 Å². The normalized spacial score (nSPS) is 12.1. The third-order valence-electron chi connectivity index (χ3n) is 4.48. The van der Waals surface area contributed by atoms with Gasteiger partial charge in [0.25, 0.3) is 0 Å². The number of pyridine rings is 1. The number of nitrogens with two attached hydrogens (primary N) is 1. The molecule has 3 rings (SSSR count). The maximum atomic E-state index is 12.1. The van der Waals surface area contributed by atoms with Crippen LogP contribution in [0.5, 0.6) is 11.5 Å². The first-order valence-corrected chi connectivity index (χ1v) is 9.30. The highest BCUT2D eigenvalue weighted by Crippen LogP contribution is 2.31. The van der Waals surface area contributed by atoms with Crippen molar-refractivity contribution in [2.75, 3.05) is 20.3 Å². The van der Waals surface area contributed by atoms with Crippen LogP contribution in [0.4, 0.5) is 0 Å². The van der Waals surface area contributed by atoms with Crippen LogP contribution in [0.3, 0.4) is 0 Å². The summed E-state index contributed by atoms with van der Waals surface area (Å²) < 4.78 is 11.1. The third-order valence-corrected chi connectivity index (χ3v) is 4.48. The van der Waals surface area contributed by atoms with Crippen molar-refractivity contribution in [3.05, 3.63) is 53.9 Å². The lowest BCUT2D eigenvalue weighted by Crippen LogP contribution is -2.42. The first-order chi connectivity index (χ1) is 13.6. The molecule has 1 aromatic carbocycles. The summed E-state index contributed by atoms with van der Waals surface area (Å²) >= 11 is 0. The van der Waals surface area contributed by atoms with E-state index in [9.17, 15) is 4.79 Å². The number of carbonyl (C=O) groups is 1. The summed E-state index contributed by atoms with van der Waals surface area (Å²) in [5.74, 6) is 1.26. The van der Waals surface area contributed by atoms with E-state index in [2.05, 4.69) is 15.3 Å². The Kier molecular flexibility index (Phi) is 6.62. The van der Waals surface area contributed by atoms with Crippen LogP contribution in [0.2, 0.25) is 0 Å². The highest BCUT2D eigenvalue weighted by Gasteiger charge is 2.14. The van der Waals surface area contributed by atoms with E-state index in [1.807, 2.05) is 43.5 Å². The minimum absolute atomic E-state index is 0.166. The number of hydrogen-bond donors (Lipinski definition) is 3. The van der Waals surface area contributed by atoms with Crippen LogP contribution in [0.1, 0.15) is 17.5 Å². The van der Waals surface area contributed by atoms with Gasteiger partial charge in [-0.1, -0.05) is 12.1 Å². The summed E-state index contributed by atoms with van der Waals surface area (Å²) in [7, 11) is 1.64. The van der Waals surface area contributed by atoms with E-state index < -0.39 is 6.04 Å². The lowest BCUT2D eigenvalue weighted by atomic mass is 10.1. The zero-order valence-corrected chi connectivity index (χ0v) is 16.2. The average Bonchev–Trinajstić information content (AvgIpc) is 3.07. The van der Waals surface area contributed by atoms with E-state index in [0.29, 0.717) is 25.3 Å². The van der Waals surface area contributed by atoms with Gasteiger partial charge in [-0.15, -0.1) is 0 Å². The van der Waals surface area contributed by atoms with Gasteiger partial charge >= 0.3 is 0 Å². The number of benzene rings is 1. The van der Waals surface area contributed by atoms with Crippen LogP contribution >= 0.6 is 0 Å². The van der Waals surface area contributed by atoms with Crippen LogP contribution in [0, 0.1) is 6.92 Å². The van der Waals surface area contributed by atoms with E-state index in [1.54, 1.807) is 13.3 Å². The summed E-state index contributed by atoms with van der Waals surface area (Å²) in [6.45, 7) is 3.17. The number of amides is 1. The number of fused-ring (bicyclic) bond motifs is 1. The molecular weight excluding hydrogens is 356 g/mol. The van der Waals surface area contributed by atoms with Crippen molar-refractivity contribution in [2.24, 2.45) is 5.73 Å². The second-order valence-corrected chi connectivity index (χ2v) is 6.70. The first kappa shape index (κ1) is 19.9. The molecule has 4 N–H and O–H groups in total. The molecule has 148 valence electrons. The summed E-state index contributed by atoms with van der Waals surface area (Å²) in [5.41, 5.74) is 8.85. The van der Waals surface area contributed by atoms with Crippen LogP contribution in [0.25, 0.3) is 11.0 Å². The topological polar surface area (TPSA) is 102 Å². The van der Waals surface area contributed by atoms with E-state index in [4.69, 9.17) is 15.2 Å². The summed E-state index contributed by atoms with van der Waals surface area (Å²) in [4.78, 5) is 19.6. The molecule has 3 aromatic rings. The number of nitrogens with one attached hydrogen (secondary N) is 2. The molecular formula is C21H26N4O3. The molecule has 7 heteroatoms. The van der Waals surface area contributed by atoms with Crippen LogP contribution in [-0.2, 0) is 16.0 Å². The summed E-state index contributed by atoms with van der Waals surface area (Å²) in [5, 5.41) is 3.79. The number of nitrogens with zero attached hydrogens (tertiary/aromatic N) is 1. The zero-order chi connectivity index (χ0) is 19.9. The predicted octanol–water partition coefficient (Wildman–Crippen LogP) is 2.69.